The van der Waals surface area contributed by atoms with Crippen molar-refractivity contribution in [3.63, 3.8) is 0 Å². The predicted molar refractivity (Wildman–Crippen MR) is 145 cm³/mol. The maximum absolute atomic E-state index is 13.4. The normalized spacial score (nSPS) is 15.9. The largest absolute Gasteiger partial charge is 0.382 e. The molecule has 37 heavy (non-hydrogen) atoms. The summed E-state index contributed by atoms with van der Waals surface area (Å²) in [7, 11) is -7.77. The number of nitrogens with one attached hydrogen (secondary N) is 2. The van der Waals surface area contributed by atoms with Crippen LogP contribution in [0.2, 0.25) is 0 Å². The van der Waals surface area contributed by atoms with E-state index in [2.05, 4.69) is 21.9 Å². The van der Waals surface area contributed by atoms with Crippen molar-refractivity contribution in [1.82, 2.24) is 14.3 Å². The fourth-order valence-electron chi connectivity index (χ4n) is 4.88. The summed E-state index contributed by atoms with van der Waals surface area (Å²) in [6, 6.07) is 11.3. The smallest absolute Gasteiger partial charge is 0.240 e. The third kappa shape index (κ3) is 6.80. The van der Waals surface area contributed by atoms with E-state index in [9.17, 15) is 16.8 Å². The molecule has 4 rings (SSSR count). The molecule has 0 aliphatic heterocycles. The van der Waals surface area contributed by atoms with Gasteiger partial charge in [-0.1, -0.05) is 25.3 Å². The Morgan fingerprint density at radius 2 is 1.70 bits per heavy atom. The van der Waals surface area contributed by atoms with E-state index in [0.29, 0.717) is 30.5 Å². The molecule has 200 valence electrons. The number of aryl methyl sites for hydroxylation is 2. The Bertz CT molecular complexity index is 1380. The molecule has 0 radical (unpaired) electrons. The average molecular weight is 545 g/mol. The van der Waals surface area contributed by atoms with Crippen LogP contribution in [0.15, 0.2) is 75.9 Å². The molecule has 0 unspecified atom stereocenters. The molecule has 10 heteroatoms. The van der Waals surface area contributed by atoms with Gasteiger partial charge in [0, 0.05) is 37.2 Å². The summed E-state index contributed by atoms with van der Waals surface area (Å²) < 4.78 is 57.1. The summed E-state index contributed by atoms with van der Waals surface area (Å²) in [5.41, 5.74) is 1.36. The Balaban J connectivity index is 1.45. The molecule has 1 aliphatic carbocycles. The summed E-state index contributed by atoms with van der Waals surface area (Å²) >= 11 is 0. The van der Waals surface area contributed by atoms with Crippen LogP contribution in [0.1, 0.15) is 51.0 Å². The number of nitrogens with zero attached hydrogens (tertiary/aromatic N) is 2. The van der Waals surface area contributed by atoms with Crippen molar-refractivity contribution in [3.05, 3.63) is 66.7 Å². The standard InChI is InChI=1S/C27H36N4O4S2/c1-21-9-12-26(19-27(21)37(34,35)29-15-6-17-31-18-16-28-20-31)36(32,33)25-13-10-24(11-14-25)30-22(2)23-7-4-3-5-8-23/h9-14,16,18-20,22-23,29-30H,3-8,15,17H2,1-2H3/t22-/m0/s1. The van der Waals surface area contributed by atoms with Gasteiger partial charge >= 0.3 is 0 Å². The average Bonchev–Trinajstić information content (AvgIpc) is 3.41. The van der Waals surface area contributed by atoms with Crippen LogP contribution in [0.5, 0.6) is 0 Å². The summed E-state index contributed by atoms with van der Waals surface area (Å²) in [5.74, 6) is 0.629. The van der Waals surface area contributed by atoms with Crippen LogP contribution in [-0.4, -0.2) is 39.0 Å². The summed E-state index contributed by atoms with van der Waals surface area (Å²) in [6.45, 7) is 4.69. The molecule has 0 saturated heterocycles. The lowest BCUT2D eigenvalue weighted by molar-refractivity contribution is 0.328. The molecule has 8 nitrogen and oxygen atoms in total. The van der Waals surface area contributed by atoms with Gasteiger partial charge in [0.1, 0.15) is 0 Å². The van der Waals surface area contributed by atoms with Crippen molar-refractivity contribution < 1.29 is 16.8 Å². The summed E-state index contributed by atoms with van der Waals surface area (Å²) in [6.07, 6.45) is 12.0. The first-order valence-corrected chi connectivity index (χ1v) is 15.8. The molecule has 1 aliphatic rings. The van der Waals surface area contributed by atoms with Crippen LogP contribution in [0.4, 0.5) is 5.69 Å². The van der Waals surface area contributed by atoms with Gasteiger partial charge in [-0.25, -0.2) is 26.5 Å². The second-order valence-electron chi connectivity index (χ2n) is 9.84. The van der Waals surface area contributed by atoms with Crippen molar-refractivity contribution in [2.45, 2.75) is 79.6 Å². The van der Waals surface area contributed by atoms with Crippen molar-refractivity contribution in [1.29, 1.82) is 0 Å². The number of anilines is 1. The molecule has 2 N–H and O–H groups in total. The minimum absolute atomic E-state index is 0.0317. The molecule has 1 atom stereocenters. The molecule has 0 spiro atoms. The van der Waals surface area contributed by atoms with Crippen molar-refractivity contribution in [3.8, 4) is 0 Å². The van der Waals surface area contributed by atoms with Gasteiger partial charge in [0.15, 0.2) is 0 Å². The van der Waals surface area contributed by atoms with Gasteiger partial charge in [-0.2, -0.15) is 0 Å². The van der Waals surface area contributed by atoms with E-state index in [0.717, 1.165) is 5.69 Å². The van der Waals surface area contributed by atoms with E-state index < -0.39 is 19.9 Å². The van der Waals surface area contributed by atoms with E-state index in [1.165, 1.54) is 50.3 Å². The Labute approximate surface area is 220 Å². The van der Waals surface area contributed by atoms with Crippen LogP contribution in [-0.2, 0) is 26.4 Å². The molecule has 2 aromatic carbocycles. The van der Waals surface area contributed by atoms with Crippen LogP contribution in [0.25, 0.3) is 0 Å². The molecule has 3 aromatic rings. The van der Waals surface area contributed by atoms with Crippen LogP contribution < -0.4 is 10.0 Å². The molecular formula is C27H36N4O4S2. The number of hydrogen-bond donors (Lipinski definition) is 2. The Morgan fingerprint density at radius 1 is 1.00 bits per heavy atom. The maximum atomic E-state index is 13.4. The number of aromatic nitrogens is 2. The lowest BCUT2D eigenvalue weighted by atomic mass is 9.84. The fraction of sp³-hybridized carbons (Fsp3) is 0.444. The number of imidazole rings is 1. The number of hydrogen-bond acceptors (Lipinski definition) is 6. The first-order chi connectivity index (χ1) is 17.7. The molecular weight excluding hydrogens is 508 g/mol. The van der Waals surface area contributed by atoms with E-state index in [1.807, 2.05) is 10.8 Å². The molecule has 0 bridgehead atoms. The topological polar surface area (TPSA) is 110 Å². The van der Waals surface area contributed by atoms with Crippen LogP contribution in [0, 0.1) is 12.8 Å². The van der Waals surface area contributed by atoms with Crippen LogP contribution in [0.3, 0.4) is 0 Å². The van der Waals surface area contributed by atoms with Gasteiger partial charge in [-0.05, 0) is 81.0 Å². The highest BCUT2D eigenvalue weighted by Crippen LogP contribution is 2.29. The first-order valence-electron chi connectivity index (χ1n) is 12.8. The number of benzene rings is 2. The second kappa shape index (κ2) is 11.8. The molecule has 1 saturated carbocycles. The second-order valence-corrected chi connectivity index (χ2v) is 13.5. The van der Waals surface area contributed by atoms with Gasteiger partial charge in [-0.15, -0.1) is 0 Å². The summed E-state index contributed by atoms with van der Waals surface area (Å²) in [5, 5.41) is 3.51. The third-order valence-corrected chi connectivity index (χ3v) is 10.5. The van der Waals surface area contributed by atoms with Crippen molar-refractivity contribution in [2.24, 2.45) is 5.92 Å². The lowest BCUT2D eigenvalue weighted by Gasteiger charge is -2.29. The highest BCUT2D eigenvalue weighted by atomic mass is 32.2. The number of sulfonamides is 1. The van der Waals surface area contributed by atoms with Gasteiger partial charge in [0.25, 0.3) is 0 Å². The zero-order valence-corrected chi connectivity index (χ0v) is 23.1. The maximum Gasteiger partial charge on any atom is 0.240 e. The third-order valence-electron chi connectivity index (χ3n) is 7.12. The quantitative estimate of drug-likeness (QED) is 0.337. The minimum atomic E-state index is -3.89. The van der Waals surface area contributed by atoms with E-state index >= 15 is 0 Å². The summed E-state index contributed by atoms with van der Waals surface area (Å²) in [4.78, 5) is 4.02. The molecule has 1 fully saturated rings. The van der Waals surface area contributed by atoms with Gasteiger partial charge in [0.2, 0.25) is 19.9 Å². The Morgan fingerprint density at radius 3 is 2.38 bits per heavy atom. The van der Waals surface area contributed by atoms with E-state index in [-0.39, 0.29) is 21.2 Å². The highest BCUT2D eigenvalue weighted by molar-refractivity contribution is 7.91. The van der Waals surface area contributed by atoms with Gasteiger partial charge < -0.3 is 9.88 Å². The zero-order chi connectivity index (χ0) is 26.5. The van der Waals surface area contributed by atoms with Crippen molar-refractivity contribution in [2.75, 3.05) is 11.9 Å². The number of sulfone groups is 1. The fourth-order valence-corrected chi connectivity index (χ4v) is 7.59. The van der Waals surface area contributed by atoms with Gasteiger partial charge in [0.05, 0.1) is 21.0 Å². The molecule has 1 heterocycles. The van der Waals surface area contributed by atoms with Crippen molar-refractivity contribution >= 4 is 25.5 Å². The number of rotatable bonds is 11. The van der Waals surface area contributed by atoms with Gasteiger partial charge in [-0.3, -0.25) is 0 Å². The highest BCUT2D eigenvalue weighted by Gasteiger charge is 2.24. The van der Waals surface area contributed by atoms with E-state index in [4.69, 9.17) is 0 Å². The molecule has 0 amide bonds. The predicted octanol–water partition coefficient (Wildman–Crippen LogP) is 4.77. The van der Waals surface area contributed by atoms with Crippen LogP contribution >= 0.6 is 0 Å². The first kappa shape index (κ1) is 27.3. The zero-order valence-electron chi connectivity index (χ0n) is 21.4. The minimum Gasteiger partial charge on any atom is -0.382 e. The lowest BCUT2D eigenvalue weighted by Crippen LogP contribution is -2.27. The SMILES string of the molecule is Cc1ccc(S(=O)(=O)c2ccc(N[C@@H](C)C3CCCCC3)cc2)cc1S(=O)(=O)NCCCn1ccnc1. The molecule has 1 aromatic heterocycles. The Hall–Kier alpha value is -2.69. The Kier molecular flexibility index (Phi) is 8.71. The monoisotopic (exact) mass is 544 g/mol. The van der Waals surface area contributed by atoms with E-state index in [1.54, 1.807) is 43.7 Å².